The van der Waals surface area contributed by atoms with E-state index in [0.29, 0.717) is 0 Å². The summed E-state index contributed by atoms with van der Waals surface area (Å²) >= 11 is 0. The number of aromatic nitrogens is 1. The molecule has 0 bridgehead atoms. The number of pyridine rings is 1. The number of hydrogen-bond donors (Lipinski definition) is 0. The molecule has 4 rings (SSSR count). The molecule has 21 heavy (non-hydrogen) atoms. The molecule has 0 radical (unpaired) electrons. The Balaban J connectivity index is 1.82. The van der Waals surface area contributed by atoms with Crippen molar-refractivity contribution in [2.45, 2.75) is 57.9 Å². The van der Waals surface area contributed by atoms with Crippen molar-refractivity contribution in [2.24, 2.45) is 0 Å². The summed E-state index contributed by atoms with van der Waals surface area (Å²) in [7, 11) is 0. The van der Waals surface area contributed by atoms with Crippen LogP contribution in [0.15, 0.2) is 36.4 Å². The molecule has 108 valence electrons. The minimum Gasteiger partial charge on any atom is -0.195 e. The molecule has 2 aromatic rings. The van der Waals surface area contributed by atoms with Gasteiger partial charge in [0.25, 0.3) is 0 Å². The van der Waals surface area contributed by atoms with Gasteiger partial charge < -0.3 is 0 Å². The maximum absolute atomic E-state index is 2.68. The van der Waals surface area contributed by atoms with Gasteiger partial charge in [-0.2, -0.15) is 4.57 Å². The van der Waals surface area contributed by atoms with E-state index in [1.54, 1.807) is 22.5 Å². The number of aryl methyl sites for hydroxylation is 2. The van der Waals surface area contributed by atoms with Gasteiger partial charge in [-0.1, -0.05) is 30.3 Å². The minimum absolute atomic E-state index is 1.06. The van der Waals surface area contributed by atoms with E-state index in [4.69, 9.17) is 0 Å². The lowest BCUT2D eigenvalue weighted by atomic mass is 9.88. The second kappa shape index (κ2) is 5.63. The van der Waals surface area contributed by atoms with Crippen LogP contribution in [-0.2, 0) is 32.2 Å². The third-order valence-electron chi connectivity index (χ3n) is 5.14. The van der Waals surface area contributed by atoms with Crippen molar-refractivity contribution >= 4 is 0 Å². The van der Waals surface area contributed by atoms with E-state index in [9.17, 15) is 0 Å². The zero-order valence-corrected chi connectivity index (χ0v) is 12.8. The highest BCUT2D eigenvalue weighted by molar-refractivity contribution is 5.29. The molecule has 0 saturated carbocycles. The molecule has 0 amide bonds. The predicted octanol–water partition coefficient (Wildman–Crippen LogP) is 3.78. The highest BCUT2D eigenvalue weighted by Crippen LogP contribution is 2.26. The van der Waals surface area contributed by atoms with Crippen LogP contribution >= 0.6 is 0 Å². The van der Waals surface area contributed by atoms with E-state index in [1.807, 2.05) is 0 Å². The zero-order chi connectivity index (χ0) is 14.1. The molecule has 0 atom stereocenters. The Morgan fingerprint density at radius 1 is 0.714 bits per heavy atom. The topological polar surface area (TPSA) is 3.88 Å². The lowest BCUT2D eigenvalue weighted by Crippen LogP contribution is -2.46. The van der Waals surface area contributed by atoms with Gasteiger partial charge in [0, 0.05) is 29.5 Å². The van der Waals surface area contributed by atoms with Crippen LogP contribution < -0.4 is 4.57 Å². The van der Waals surface area contributed by atoms with Crippen molar-refractivity contribution in [3.05, 3.63) is 64.5 Å². The van der Waals surface area contributed by atoms with Gasteiger partial charge >= 0.3 is 0 Å². The summed E-state index contributed by atoms with van der Waals surface area (Å²) in [4.78, 5) is 0. The molecule has 0 saturated heterocycles. The zero-order valence-electron chi connectivity index (χ0n) is 12.8. The first-order valence-electron chi connectivity index (χ1n) is 8.52. The molecular formula is C20H24N+. The first kappa shape index (κ1) is 13.1. The molecule has 0 aliphatic heterocycles. The smallest absolute Gasteiger partial charge is 0.185 e. The van der Waals surface area contributed by atoms with E-state index in [2.05, 4.69) is 41.0 Å². The Labute approximate surface area is 127 Å². The monoisotopic (exact) mass is 278 g/mol. The number of hydrogen-bond acceptors (Lipinski definition) is 0. The number of nitrogens with zero attached hydrogens (tertiary/aromatic N) is 1. The summed E-state index contributed by atoms with van der Waals surface area (Å²) < 4.78 is 2.68. The summed E-state index contributed by atoms with van der Waals surface area (Å²) in [6.07, 6.45) is 10.6. The van der Waals surface area contributed by atoms with Crippen molar-refractivity contribution in [3.63, 3.8) is 0 Å². The highest BCUT2D eigenvalue weighted by Gasteiger charge is 2.28. The SMILES string of the molecule is c1ccc(C[n+]2c3c(cc4c2CCCC4)CCCC3)cc1. The lowest BCUT2D eigenvalue weighted by Gasteiger charge is -2.22. The van der Waals surface area contributed by atoms with Crippen LogP contribution in [-0.4, -0.2) is 0 Å². The summed E-state index contributed by atoms with van der Waals surface area (Å²) in [6, 6.07) is 13.5. The fourth-order valence-corrected chi connectivity index (χ4v) is 4.08. The molecule has 1 aromatic carbocycles. The first-order valence-corrected chi connectivity index (χ1v) is 8.52. The highest BCUT2D eigenvalue weighted by atomic mass is 15.0. The molecule has 2 aliphatic carbocycles. The summed E-state index contributed by atoms with van der Waals surface area (Å²) in [5.41, 5.74) is 7.97. The maximum atomic E-state index is 2.68. The minimum atomic E-state index is 1.06. The molecule has 2 aliphatic rings. The van der Waals surface area contributed by atoms with Gasteiger partial charge in [0.15, 0.2) is 17.9 Å². The number of fused-ring (bicyclic) bond motifs is 2. The Bertz CT molecular complexity index is 608. The summed E-state index contributed by atoms with van der Waals surface area (Å²) in [5.74, 6) is 0. The number of rotatable bonds is 2. The van der Waals surface area contributed by atoms with Gasteiger partial charge in [0.05, 0.1) is 0 Å². The summed E-state index contributed by atoms with van der Waals surface area (Å²) in [5, 5.41) is 0. The Morgan fingerprint density at radius 3 is 1.90 bits per heavy atom. The third-order valence-corrected chi connectivity index (χ3v) is 5.14. The van der Waals surface area contributed by atoms with Crippen molar-refractivity contribution in [1.82, 2.24) is 0 Å². The molecule has 0 N–H and O–H groups in total. The molecule has 1 heteroatoms. The van der Waals surface area contributed by atoms with E-state index in [0.717, 1.165) is 6.54 Å². The van der Waals surface area contributed by atoms with E-state index < -0.39 is 0 Å². The third kappa shape index (κ3) is 2.50. The van der Waals surface area contributed by atoms with Crippen LogP contribution in [0.4, 0.5) is 0 Å². The Morgan fingerprint density at radius 2 is 1.29 bits per heavy atom. The van der Waals surface area contributed by atoms with E-state index in [1.165, 1.54) is 56.9 Å². The van der Waals surface area contributed by atoms with Gasteiger partial charge in [-0.05, 0) is 44.6 Å². The van der Waals surface area contributed by atoms with E-state index >= 15 is 0 Å². The van der Waals surface area contributed by atoms with Crippen molar-refractivity contribution in [2.75, 3.05) is 0 Å². The summed E-state index contributed by atoms with van der Waals surface area (Å²) in [6.45, 7) is 1.06. The van der Waals surface area contributed by atoms with Gasteiger partial charge in [-0.25, -0.2) is 0 Å². The predicted molar refractivity (Wildman–Crippen MR) is 85.5 cm³/mol. The van der Waals surface area contributed by atoms with Crippen LogP contribution in [0, 0.1) is 0 Å². The normalized spacial score (nSPS) is 17.1. The quantitative estimate of drug-likeness (QED) is 0.736. The lowest BCUT2D eigenvalue weighted by molar-refractivity contribution is -0.704. The van der Waals surface area contributed by atoms with Crippen molar-refractivity contribution in [1.29, 1.82) is 0 Å². The largest absolute Gasteiger partial charge is 0.195 e. The van der Waals surface area contributed by atoms with Crippen LogP contribution in [0.25, 0.3) is 0 Å². The maximum Gasteiger partial charge on any atom is 0.185 e. The molecule has 1 nitrogen and oxygen atoms in total. The van der Waals surface area contributed by atoms with Gasteiger partial charge in [-0.15, -0.1) is 0 Å². The fraction of sp³-hybridized carbons (Fsp3) is 0.450. The average Bonchev–Trinajstić information content (AvgIpc) is 2.55. The Hall–Kier alpha value is -1.63. The van der Waals surface area contributed by atoms with Crippen LogP contribution in [0.1, 0.15) is 53.8 Å². The molecule has 0 spiro atoms. The van der Waals surface area contributed by atoms with Crippen molar-refractivity contribution in [3.8, 4) is 0 Å². The van der Waals surface area contributed by atoms with Gasteiger partial charge in [0.1, 0.15) is 0 Å². The molecule has 0 fully saturated rings. The van der Waals surface area contributed by atoms with Crippen LogP contribution in [0.5, 0.6) is 0 Å². The van der Waals surface area contributed by atoms with Gasteiger partial charge in [0.2, 0.25) is 0 Å². The Kier molecular flexibility index (Phi) is 3.50. The van der Waals surface area contributed by atoms with Crippen LogP contribution in [0.3, 0.4) is 0 Å². The molecular weight excluding hydrogens is 254 g/mol. The van der Waals surface area contributed by atoms with Gasteiger partial charge in [-0.3, -0.25) is 0 Å². The number of benzene rings is 1. The fourth-order valence-electron chi connectivity index (χ4n) is 4.08. The standard InChI is InChI=1S/C20H24N/c1-2-8-16(9-3-1)15-21-19-12-6-4-10-17(19)14-18-11-5-7-13-20(18)21/h1-3,8-9,14H,4-7,10-13,15H2/q+1. The average molecular weight is 278 g/mol. The first-order chi connectivity index (χ1) is 10.4. The van der Waals surface area contributed by atoms with Crippen LogP contribution in [0.2, 0.25) is 0 Å². The van der Waals surface area contributed by atoms with Crippen molar-refractivity contribution < 1.29 is 4.57 Å². The molecule has 1 heterocycles. The molecule has 0 unspecified atom stereocenters. The molecule has 1 aromatic heterocycles. The second-order valence-electron chi connectivity index (χ2n) is 6.57. The second-order valence-corrected chi connectivity index (χ2v) is 6.57. The van der Waals surface area contributed by atoms with E-state index in [-0.39, 0.29) is 0 Å².